The van der Waals surface area contributed by atoms with Gasteiger partial charge in [-0.3, -0.25) is 0 Å². The predicted molar refractivity (Wildman–Crippen MR) is 65.2 cm³/mol. The molecule has 2 aromatic rings. The molecule has 1 nitrogen and oxygen atoms in total. The third kappa shape index (κ3) is 1.47. The van der Waals surface area contributed by atoms with Gasteiger partial charge in [0.15, 0.2) is 0 Å². The summed E-state index contributed by atoms with van der Waals surface area (Å²) < 4.78 is 0. The Morgan fingerprint density at radius 1 is 1.06 bits per heavy atom. The van der Waals surface area contributed by atoms with E-state index in [0.29, 0.717) is 5.92 Å². The van der Waals surface area contributed by atoms with Crippen LogP contribution in [-0.4, -0.2) is 0 Å². The van der Waals surface area contributed by atoms with Gasteiger partial charge in [0.2, 0.25) is 0 Å². The monoisotopic (exact) mass is 294 g/mol. The van der Waals surface area contributed by atoms with Gasteiger partial charge in [-0.25, -0.2) is 0 Å². The van der Waals surface area contributed by atoms with Crippen molar-refractivity contribution >= 4 is 11.8 Å². The summed E-state index contributed by atoms with van der Waals surface area (Å²) in [6.07, 6.45) is 2.24. The zero-order valence-electron chi connectivity index (χ0n) is 9.20. The topological polar surface area (TPSA) is 12.0 Å². The number of rotatable bonds is 0. The fourth-order valence-electron chi connectivity index (χ4n) is 2.70. The van der Waals surface area contributed by atoms with Crippen molar-refractivity contribution < 1.29 is 26.2 Å². The fourth-order valence-corrected chi connectivity index (χ4v) is 2.70. The molecule has 2 heteroatoms. The first kappa shape index (κ1) is 11.0. The van der Waals surface area contributed by atoms with E-state index >= 15 is 0 Å². The molecule has 1 atom stereocenters. The summed E-state index contributed by atoms with van der Waals surface area (Å²) in [5, 5.41) is 3.47. The molecule has 0 spiro atoms. The fraction of sp³-hybridized carbons (Fsp3) is 0.0667. The van der Waals surface area contributed by atoms with Gasteiger partial charge in [0.25, 0.3) is 0 Å². The van der Waals surface area contributed by atoms with Crippen LogP contribution in [0, 0.1) is 6.07 Å². The van der Waals surface area contributed by atoms with E-state index < -0.39 is 0 Å². The Bertz CT molecular complexity index is 616. The summed E-state index contributed by atoms with van der Waals surface area (Å²) in [6, 6.07) is 18.1. The van der Waals surface area contributed by atoms with Crippen LogP contribution in [0.2, 0.25) is 0 Å². The van der Waals surface area contributed by atoms with Crippen LogP contribution >= 0.6 is 0 Å². The molecular formula is C15H10NZr-. The number of hydrogen-bond donors (Lipinski definition) is 1. The first-order valence-electron chi connectivity index (χ1n) is 5.51. The zero-order chi connectivity index (χ0) is 10.5. The second-order valence-electron chi connectivity index (χ2n) is 4.28. The summed E-state index contributed by atoms with van der Waals surface area (Å²) in [7, 11) is 0. The van der Waals surface area contributed by atoms with Gasteiger partial charge in [-0.1, -0.05) is 30.0 Å². The average Bonchev–Trinajstić information content (AvgIpc) is 2.83. The minimum atomic E-state index is 0. The number of nitrogens with one attached hydrogen (secondary N) is 1. The largest absolute Gasteiger partial charge is 0.411 e. The van der Waals surface area contributed by atoms with Crippen molar-refractivity contribution in [3.8, 4) is 0 Å². The van der Waals surface area contributed by atoms with Crippen molar-refractivity contribution in [3.05, 3.63) is 70.9 Å². The third-order valence-electron chi connectivity index (χ3n) is 3.38. The van der Waals surface area contributed by atoms with E-state index in [1.165, 1.54) is 28.1 Å². The summed E-state index contributed by atoms with van der Waals surface area (Å²) in [6.45, 7) is 0. The van der Waals surface area contributed by atoms with Crippen LogP contribution in [-0.2, 0) is 26.2 Å². The minimum Gasteiger partial charge on any atom is -0.411 e. The number of hydrogen-bond acceptors (Lipinski definition) is 1. The van der Waals surface area contributed by atoms with Crippen LogP contribution in [0.3, 0.4) is 0 Å². The molecule has 80 valence electrons. The van der Waals surface area contributed by atoms with E-state index in [0.717, 1.165) is 0 Å². The Kier molecular flexibility index (Phi) is 2.56. The van der Waals surface area contributed by atoms with Crippen molar-refractivity contribution in [2.45, 2.75) is 5.92 Å². The maximum absolute atomic E-state index is 3.47. The molecule has 17 heavy (non-hydrogen) atoms. The molecule has 2 aromatic carbocycles. The predicted octanol–water partition coefficient (Wildman–Crippen LogP) is 3.40. The molecule has 0 saturated carbocycles. The second kappa shape index (κ2) is 3.96. The maximum atomic E-state index is 3.47. The van der Waals surface area contributed by atoms with E-state index in [1.54, 1.807) is 0 Å². The first-order chi connectivity index (χ1) is 7.93. The minimum absolute atomic E-state index is 0. The molecule has 4 rings (SSSR count). The van der Waals surface area contributed by atoms with Crippen molar-refractivity contribution in [2.75, 3.05) is 5.32 Å². The molecule has 0 amide bonds. The van der Waals surface area contributed by atoms with Gasteiger partial charge in [0.05, 0.1) is 0 Å². The summed E-state index contributed by atoms with van der Waals surface area (Å²) in [5.74, 6) is 0.382. The Morgan fingerprint density at radius 2 is 1.94 bits per heavy atom. The van der Waals surface area contributed by atoms with Crippen LogP contribution in [0.1, 0.15) is 22.6 Å². The van der Waals surface area contributed by atoms with Crippen LogP contribution in [0.4, 0.5) is 5.69 Å². The van der Waals surface area contributed by atoms with Crippen LogP contribution in [0.5, 0.6) is 0 Å². The molecule has 1 aliphatic heterocycles. The van der Waals surface area contributed by atoms with Gasteiger partial charge in [0.1, 0.15) is 0 Å². The van der Waals surface area contributed by atoms with Gasteiger partial charge in [-0.2, -0.15) is 18.2 Å². The Morgan fingerprint density at radius 3 is 2.88 bits per heavy atom. The van der Waals surface area contributed by atoms with E-state index in [2.05, 4.69) is 47.8 Å². The van der Waals surface area contributed by atoms with Gasteiger partial charge < -0.3 is 5.32 Å². The van der Waals surface area contributed by atoms with Crippen LogP contribution in [0.15, 0.2) is 48.2 Å². The van der Waals surface area contributed by atoms with E-state index in [1.807, 2.05) is 12.1 Å². The van der Waals surface area contributed by atoms with Crippen molar-refractivity contribution in [2.24, 2.45) is 0 Å². The number of benzene rings is 2. The van der Waals surface area contributed by atoms with E-state index in [-0.39, 0.29) is 26.2 Å². The van der Waals surface area contributed by atoms with Gasteiger partial charge in [-0.15, -0.1) is 11.6 Å². The van der Waals surface area contributed by atoms with Gasteiger partial charge in [0, 0.05) is 37.8 Å². The maximum Gasteiger partial charge on any atom is 0.0281 e. The smallest absolute Gasteiger partial charge is 0.0281 e. The molecular weight excluding hydrogens is 285 g/mol. The standard InChI is InChI=1S/C15H10N.Zr/c1-2-6-11-10(5-1)9-14-15(11)12-7-3-4-8-13(12)16-14;/h1-6,8-9,15-16H;/q-1;. The number of anilines is 1. The van der Waals surface area contributed by atoms with Gasteiger partial charge in [-0.05, 0) is 17.2 Å². The van der Waals surface area contributed by atoms with Crippen LogP contribution in [0.25, 0.3) is 6.08 Å². The molecule has 0 saturated heterocycles. The molecule has 2 aliphatic rings. The third-order valence-corrected chi connectivity index (χ3v) is 3.38. The molecule has 1 unspecified atom stereocenters. The summed E-state index contributed by atoms with van der Waals surface area (Å²) in [4.78, 5) is 0. The number of allylic oxidation sites excluding steroid dienone is 1. The molecule has 0 bridgehead atoms. The molecule has 1 heterocycles. The van der Waals surface area contributed by atoms with E-state index in [4.69, 9.17) is 0 Å². The second-order valence-corrected chi connectivity index (χ2v) is 4.28. The Hall–Kier alpha value is -1.14. The van der Waals surface area contributed by atoms with Crippen molar-refractivity contribution in [1.82, 2.24) is 0 Å². The van der Waals surface area contributed by atoms with Crippen molar-refractivity contribution in [1.29, 1.82) is 0 Å². The molecule has 0 fully saturated rings. The van der Waals surface area contributed by atoms with Crippen molar-refractivity contribution in [3.63, 3.8) is 0 Å². The quantitative estimate of drug-likeness (QED) is 0.735. The average molecular weight is 295 g/mol. The first-order valence-corrected chi connectivity index (χ1v) is 5.51. The normalized spacial score (nSPS) is 18.4. The zero-order valence-corrected chi connectivity index (χ0v) is 11.7. The SMILES string of the molecule is [Zr].[c-]1cccc2c1C1C(=Cc3ccccc31)N2. The molecule has 1 aliphatic carbocycles. The van der Waals surface area contributed by atoms with Gasteiger partial charge >= 0.3 is 0 Å². The Balaban J connectivity index is 0.000000902. The molecule has 0 aromatic heterocycles. The van der Waals surface area contributed by atoms with E-state index in [9.17, 15) is 0 Å². The molecule has 0 radical (unpaired) electrons. The summed E-state index contributed by atoms with van der Waals surface area (Å²) in [5.41, 5.74) is 6.50. The Labute approximate surface area is 120 Å². The van der Waals surface area contributed by atoms with Crippen LogP contribution < -0.4 is 5.32 Å². The summed E-state index contributed by atoms with van der Waals surface area (Å²) >= 11 is 0. The molecule has 1 N–H and O–H groups in total. The number of fused-ring (bicyclic) bond motifs is 5.